The molecule has 1 heterocycles. The summed E-state index contributed by atoms with van der Waals surface area (Å²) in [4.78, 5) is 10.6. The smallest absolute Gasteiger partial charge is 0.158 e. The normalized spacial score (nSPS) is 11.0. The summed E-state index contributed by atoms with van der Waals surface area (Å²) in [5.41, 5.74) is 0. The standard InChI is InChI=1S/C12H20ClN3O2/c1-9(2)16(5-4-6-17)12-7-10(13)14-11(15-12)8-18-3/h7,9,17H,4-6,8H2,1-3H3. The van der Waals surface area contributed by atoms with Gasteiger partial charge in [0.05, 0.1) is 0 Å². The molecule has 5 nitrogen and oxygen atoms in total. The number of aromatic nitrogens is 2. The molecule has 0 amide bonds. The van der Waals surface area contributed by atoms with Crippen molar-refractivity contribution in [2.75, 3.05) is 25.2 Å². The molecule has 0 saturated heterocycles. The molecule has 0 atom stereocenters. The van der Waals surface area contributed by atoms with Crippen LogP contribution in [0.4, 0.5) is 5.82 Å². The Hall–Kier alpha value is -0.910. The lowest BCUT2D eigenvalue weighted by Gasteiger charge is -2.28. The van der Waals surface area contributed by atoms with Crippen LogP contribution < -0.4 is 4.90 Å². The Bertz CT molecular complexity index is 374. The van der Waals surface area contributed by atoms with Crippen molar-refractivity contribution in [3.05, 3.63) is 17.0 Å². The number of anilines is 1. The van der Waals surface area contributed by atoms with Crippen molar-refractivity contribution in [3.8, 4) is 0 Å². The van der Waals surface area contributed by atoms with Crippen LogP contribution in [0.2, 0.25) is 5.15 Å². The summed E-state index contributed by atoms with van der Waals surface area (Å²) >= 11 is 5.99. The summed E-state index contributed by atoms with van der Waals surface area (Å²) in [5, 5.41) is 9.34. The molecule has 0 aliphatic carbocycles. The molecule has 6 heteroatoms. The lowest BCUT2D eigenvalue weighted by Crippen LogP contribution is -2.33. The lowest BCUT2D eigenvalue weighted by molar-refractivity contribution is 0.178. The van der Waals surface area contributed by atoms with Crippen LogP contribution in [0.15, 0.2) is 6.07 Å². The summed E-state index contributed by atoms with van der Waals surface area (Å²) in [7, 11) is 1.59. The Morgan fingerprint density at radius 1 is 1.44 bits per heavy atom. The number of methoxy groups -OCH3 is 1. The first kappa shape index (κ1) is 15.1. The van der Waals surface area contributed by atoms with Gasteiger partial charge in [-0.1, -0.05) is 11.6 Å². The van der Waals surface area contributed by atoms with Gasteiger partial charge in [-0.2, -0.15) is 0 Å². The topological polar surface area (TPSA) is 58.5 Å². The molecule has 0 aliphatic heterocycles. The van der Waals surface area contributed by atoms with Gasteiger partial charge in [0.15, 0.2) is 5.82 Å². The molecule has 0 unspecified atom stereocenters. The highest BCUT2D eigenvalue weighted by molar-refractivity contribution is 6.29. The number of ether oxygens (including phenoxy) is 1. The zero-order valence-electron chi connectivity index (χ0n) is 11.1. The number of halogens is 1. The first-order valence-electron chi connectivity index (χ1n) is 5.98. The molecule has 0 fully saturated rings. The van der Waals surface area contributed by atoms with Crippen molar-refractivity contribution in [2.24, 2.45) is 0 Å². The quantitative estimate of drug-likeness (QED) is 0.769. The van der Waals surface area contributed by atoms with Crippen LogP contribution >= 0.6 is 11.6 Å². The zero-order chi connectivity index (χ0) is 13.5. The van der Waals surface area contributed by atoms with Crippen molar-refractivity contribution in [1.82, 2.24) is 9.97 Å². The Labute approximate surface area is 113 Å². The Morgan fingerprint density at radius 3 is 2.72 bits per heavy atom. The van der Waals surface area contributed by atoms with Crippen LogP contribution in [-0.2, 0) is 11.3 Å². The molecule has 18 heavy (non-hydrogen) atoms. The average molecular weight is 274 g/mol. The first-order chi connectivity index (χ1) is 8.58. The van der Waals surface area contributed by atoms with Crippen LogP contribution in [0.25, 0.3) is 0 Å². The predicted molar refractivity (Wildman–Crippen MR) is 71.9 cm³/mol. The van der Waals surface area contributed by atoms with Crippen LogP contribution in [-0.4, -0.2) is 41.4 Å². The average Bonchev–Trinajstić information content (AvgIpc) is 2.28. The molecule has 1 aromatic heterocycles. The minimum atomic E-state index is 0.160. The van der Waals surface area contributed by atoms with E-state index in [2.05, 4.69) is 28.7 Å². The lowest BCUT2D eigenvalue weighted by atomic mass is 10.3. The van der Waals surface area contributed by atoms with E-state index in [4.69, 9.17) is 21.4 Å². The van der Waals surface area contributed by atoms with Gasteiger partial charge in [-0.3, -0.25) is 0 Å². The largest absolute Gasteiger partial charge is 0.396 e. The van der Waals surface area contributed by atoms with Gasteiger partial charge in [-0.05, 0) is 20.3 Å². The second-order valence-electron chi connectivity index (χ2n) is 4.26. The van der Waals surface area contributed by atoms with Gasteiger partial charge < -0.3 is 14.7 Å². The summed E-state index contributed by atoms with van der Waals surface area (Å²) in [6.07, 6.45) is 0.694. The fourth-order valence-electron chi connectivity index (χ4n) is 1.67. The molecule has 1 N–H and O–H groups in total. The van der Waals surface area contributed by atoms with E-state index < -0.39 is 0 Å². The molecule has 0 aliphatic rings. The molecule has 102 valence electrons. The third kappa shape index (κ3) is 4.40. The SMILES string of the molecule is COCc1nc(Cl)cc(N(CCCO)C(C)C)n1. The van der Waals surface area contributed by atoms with Crippen LogP contribution in [0.1, 0.15) is 26.1 Å². The maximum atomic E-state index is 8.93. The number of nitrogens with zero attached hydrogens (tertiary/aromatic N) is 3. The highest BCUT2D eigenvalue weighted by atomic mass is 35.5. The second-order valence-corrected chi connectivity index (χ2v) is 4.65. The number of hydrogen-bond donors (Lipinski definition) is 1. The second kappa shape index (κ2) is 7.51. The molecule has 0 spiro atoms. The molecule has 1 aromatic rings. The first-order valence-corrected chi connectivity index (χ1v) is 6.36. The van der Waals surface area contributed by atoms with E-state index in [1.54, 1.807) is 13.2 Å². The van der Waals surface area contributed by atoms with Gasteiger partial charge in [0.2, 0.25) is 0 Å². The number of aliphatic hydroxyl groups is 1. The number of rotatable bonds is 7. The Balaban J connectivity index is 2.95. The van der Waals surface area contributed by atoms with Crippen molar-refractivity contribution in [3.63, 3.8) is 0 Å². The van der Waals surface area contributed by atoms with Crippen molar-refractivity contribution in [2.45, 2.75) is 32.9 Å². The van der Waals surface area contributed by atoms with Gasteiger partial charge in [-0.15, -0.1) is 0 Å². The van der Waals surface area contributed by atoms with E-state index >= 15 is 0 Å². The van der Waals surface area contributed by atoms with Crippen molar-refractivity contribution >= 4 is 17.4 Å². The monoisotopic (exact) mass is 273 g/mol. The van der Waals surface area contributed by atoms with Crippen LogP contribution in [0, 0.1) is 0 Å². The fourth-order valence-corrected chi connectivity index (χ4v) is 1.87. The van der Waals surface area contributed by atoms with Gasteiger partial charge >= 0.3 is 0 Å². The van der Waals surface area contributed by atoms with E-state index in [1.165, 1.54) is 0 Å². The van der Waals surface area contributed by atoms with Crippen molar-refractivity contribution in [1.29, 1.82) is 0 Å². The van der Waals surface area contributed by atoms with Gasteiger partial charge in [0.1, 0.15) is 17.6 Å². The number of aliphatic hydroxyl groups excluding tert-OH is 1. The maximum absolute atomic E-state index is 8.93. The summed E-state index contributed by atoms with van der Waals surface area (Å²) in [5.74, 6) is 1.33. The van der Waals surface area contributed by atoms with Crippen molar-refractivity contribution < 1.29 is 9.84 Å². The Kier molecular flexibility index (Phi) is 6.32. The maximum Gasteiger partial charge on any atom is 0.158 e. The highest BCUT2D eigenvalue weighted by Crippen LogP contribution is 2.19. The van der Waals surface area contributed by atoms with Gasteiger partial charge in [-0.25, -0.2) is 9.97 Å². The highest BCUT2D eigenvalue weighted by Gasteiger charge is 2.14. The number of hydrogen-bond acceptors (Lipinski definition) is 5. The van der Waals surface area contributed by atoms with E-state index in [0.717, 1.165) is 12.4 Å². The molecular formula is C12H20ClN3O2. The Morgan fingerprint density at radius 2 is 2.17 bits per heavy atom. The summed E-state index contributed by atoms with van der Waals surface area (Å²) < 4.78 is 5.02. The zero-order valence-corrected chi connectivity index (χ0v) is 11.8. The molecule has 0 radical (unpaired) electrons. The minimum Gasteiger partial charge on any atom is -0.396 e. The van der Waals surface area contributed by atoms with Gasteiger partial charge in [0.25, 0.3) is 0 Å². The third-order valence-corrected chi connectivity index (χ3v) is 2.67. The molecule has 1 rings (SSSR count). The van der Waals surface area contributed by atoms with E-state index in [9.17, 15) is 0 Å². The third-order valence-electron chi connectivity index (χ3n) is 2.48. The predicted octanol–water partition coefficient (Wildman–Crippen LogP) is 1.87. The van der Waals surface area contributed by atoms with E-state index in [-0.39, 0.29) is 12.6 Å². The molecular weight excluding hydrogens is 254 g/mol. The van der Waals surface area contributed by atoms with Crippen LogP contribution in [0.3, 0.4) is 0 Å². The van der Waals surface area contributed by atoms with Gasteiger partial charge in [0, 0.05) is 32.4 Å². The van der Waals surface area contributed by atoms with E-state index in [1.807, 2.05) is 0 Å². The van der Waals surface area contributed by atoms with E-state index in [0.29, 0.717) is 24.0 Å². The summed E-state index contributed by atoms with van der Waals surface area (Å²) in [6, 6.07) is 2.01. The summed E-state index contributed by atoms with van der Waals surface area (Å²) in [6.45, 7) is 5.37. The minimum absolute atomic E-state index is 0.160. The fraction of sp³-hybridized carbons (Fsp3) is 0.667. The molecule has 0 saturated carbocycles. The molecule has 0 bridgehead atoms. The molecule has 0 aromatic carbocycles. The van der Waals surface area contributed by atoms with Crippen LogP contribution in [0.5, 0.6) is 0 Å².